The molecule has 0 saturated carbocycles. The zero-order valence-corrected chi connectivity index (χ0v) is 16.0. The maximum absolute atomic E-state index is 9.61. The molecular formula is C19H23NO5S. The summed E-state index contributed by atoms with van der Waals surface area (Å²) in [6.45, 7) is 6.76. The average molecular weight is 377 g/mol. The van der Waals surface area contributed by atoms with Gasteiger partial charge in [-0.3, -0.25) is 4.18 Å². The Labute approximate surface area is 154 Å². The van der Waals surface area contributed by atoms with Gasteiger partial charge in [0.05, 0.1) is 13.5 Å². The van der Waals surface area contributed by atoms with Crippen LogP contribution in [0.1, 0.15) is 26.2 Å². The standard InChI is InChI=1S/C16H16NO.C3H8O4S/c1-3-17-12(2)18-16-10-9-14(11-15(16)17)13-7-5-4-6-8-13;1-2-3-7-8(4,5)6/h4-11H,3H2,1-2H3;2-3H2,1H3,(H,4,5,6)/q+1;/p-1. The van der Waals surface area contributed by atoms with Crippen LogP contribution in [0.25, 0.3) is 22.2 Å². The van der Waals surface area contributed by atoms with Gasteiger partial charge in [0, 0.05) is 6.07 Å². The number of rotatable bonds is 5. The summed E-state index contributed by atoms with van der Waals surface area (Å²) >= 11 is 0. The molecule has 1 aromatic heterocycles. The summed E-state index contributed by atoms with van der Waals surface area (Å²) in [5.41, 5.74) is 4.58. The van der Waals surface area contributed by atoms with Gasteiger partial charge in [0.15, 0.2) is 0 Å². The highest BCUT2D eigenvalue weighted by Crippen LogP contribution is 2.23. The van der Waals surface area contributed by atoms with E-state index in [1.807, 2.05) is 13.0 Å². The van der Waals surface area contributed by atoms with Gasteiger partial charge in [-0.15, -0.1) is 0 Å². The second-order valence-electron chi connectivity index (χ2n) is 5.64. The number of aromatic nitrogens is 1. The van der Waals surface area contributed by atoms with E-state index >= 15 is 0 Å². The van der Waals surface area contributed by atoms with E-state index in [-0.39, 0.29) is 6.61 Å². The van der Waals surface area contributed by atoms with Crippen LogP contribution in [0.15, 0.2) is 52.9 Å². The summed E-state index contributed by atoms with van der Waals surface area (Å²) in [6, 6.07) is 16.8. The summed E-state index contributed by atoms with van der Waals surface area (Å²) in [5.74, 6) is 0.956. The van der Waals surface area contributed by atoms with Crippen molar-refractivity contribution in [2.45, 2.75) is 33.7 Å². The quantitative estimate of drug-likeness (QED) is 0.385. The van der Waals surface area contributed by atoms with Gasteiger partial charge in [0.2, 0.25) is 16.0 Å². The highest BCUT2D eigenvalue weighted by molar-refractivity contribution is 7.80. The van der Waals surface area contributed by atoms with Crippen molar-refractivity contribution in [2.24, 2.45) is 0 Å². The van der Waals surface area contributed by atoms with Gasteiger partial charge in [0.1, 0.15) is 6.54 Å². The molecule has 0 radical (unpaired) electrons. The SMILES string of the molecule is CCCOS(=O)(=O)[O-].CC[n+]1c(C)oc2ccc(-c3ccccc3)cc21. The molecule has 0 bridgehead atoms. The lowest BCUT2D eigenvalue weighted by Crippen LogP contribution is -2.33. The molecule has 3 rings (SSSR count). The summed E-state index contributed by atoms with van der Waals surface area (Å²) in [5, 5.41) is 0. The van der Waals surface area contributed by atoms with Crippen LogP contribution < -0.4 is 4.57 Å². The fraction of sp³-hybridized carbons (Fsp3) is 0.316. The predicted octanol–water partition coefficient (Wildman–Crippen LogP) is 3.59. The van der Waals surface area contributed by atoms with Gasteiger partial charge >= 0.3 is 5.89 Å². The Hall–Kier alpha value is -2.22. The number of oxazole rings is 1. The van der Waals surface area contributed by atoms with Crippen LogP contribution in [0.5, 0.6) is 0 Å². The van der Waals surface area contributed by atoms with Crippen LogP contribution >= 0.6 is 0 Å². The van der Waals surface area contributed by atoms with Crippen LogP contribution in [-0.2, 0) is 21.1 Å². The van der Waals surface area contributed by atoms with Crippen molar-refractivity contribution in [2.75, 3.05) is 6.61 Å². The molecule has 0 saturated heterocycles. The fourth-order valence-electron chi connectivity index (χ4n) is 2.59. The van der Waals surface area contributed by atoms with Crippen molar-refractivity contribution in [3.8, 4) is 11.1 Å². The molecule has 0 aliphatic rings. The molecule has 0 fully saturated rings. The van der Waals surface area contributed by atoms with Crippen molar-refractivity contribution in [1.29, 1.82) is 0 Å². The third-order valence-electron chi connectivity index (χ3n) is 3.74. The third kappa shape index (κ3) is 5.39. The number of hydrogen-bond acceptors (Lipinski definition) is 5. The van der Waals surface area contributed by atoms with Gasteiger partial charge < -0.3 is 8.97 Å². The molecule has 6 nitrogen and oxygen atoms in total. The summed E-state index contributed by atoms with van der Waals surface area (Å²) in [6.07, 6.45) is 0.529. The molecule has 0 spiro atoms. The third-order valence-corrected chi connectivity index (χ3v) is 4.20. The first-order valence-corrected chi connectivity index (χ1v) is 9.77. The van der Waals surface area contributed by atoms with Crippen molar-refractivity contribution in [1.82, 2.24) is 0 Å². The van der Waals surface area contributed by atoms with Crippen molar-refractivity contribution < 1.29 is 26.1 Å². The number of benzene rings is 2. The van der Waals surface area contributed by atoms with Gasteiger partial charge in [0.25, 0.3) is 5.52 Å². The molecule has 0 atom stereocenters. The van der Waals surface area contributed by atoms with E-state index < -0.39 is 10.4 Å². The van der Waals surface area contributed by atoms with Gasteiger partial charge in [-0.2, -0.15) is 4.57 Å². The molecule has 0 aliphatic carbocycles. The van der Waals surface area contributed by atoms with Crippen LogP contribution in [0.3, 0.4) is 0 Å². The highest BCUT2D eigenvalue weighted by Gasteiger charge is 2.17. The monoisotopic (exact) mass is 377 g/mol. The predicted molar refractivity (Wildman–Crippen MR) is 98.2 cm³/mol. The van der Waals surface area contributed by atoms with Crippen molar-refractivity contribution >= 4 is 21.5 Å². The second kappa shape index (κ2) is 8.93. The zero-order valence-electron chi connectivity index (χ0n) is 15.1. The van der Waals surface area contributed by atoms with Crippen molar-refractivity contribution in [3.63, 3.8) is 0 Å². The van der Waals surface area contributed by atoms with Gasteiger partial charge in [-0.1, -0.05) is 43.3 Å². The Kier molecular flexibility index (Phi) is 6.90. The molecule has 0 amide bonds. The molecule has 26 heavy (non-hydrogen) atoms. The Balaban J connectivity index is 0.000000260. The lowest BCUT2D eigenvalue weighted by molar-refractivity contribution is -0.679. The maximum Gasteiger partial charge on any atom is 0.344 e. The van der Waals surface area contributed by atoms with Crippen molar-refractivity contribution in [3.05, 3.63) is 54.4 Å². The Morgan fingerprint density at radius 1 is 1.08 bits per heavy atom. The zero-order chi connectivity index (χ0) is 19.2. The summed E-state index contributed by atoms with van der Waals surface area (Å²) in [4.78, 5) is 0. The topological polar surface area (TPSA) is 83.5 Å². The average Bonchev–Trinajstić information content (AvgIpc) is 2.94. The first-order valence-electron chi connectivity index (χ1n) is 8.44. The van der Waals surface area contributed by atoms with E-state index in [4.69, 9.17) is 4.42 Å². The number of nitrogens with zero attached hydrogens (tertiary/aromatic N) is 1. The maximum atomic E-state index is 9.61. The van der Waals surface area contributed by atoms with Crippen LogP contribution in [0, 0.1) is 6.92 Å². The number of fused-ring (bicyclic) bond motifs is 1. The van der Waals surface area contributed by atoms with Gasteiger partial charge in [-0.05, 0) is 30.5 Å². The molecule has 0 unspecified atom stereocenters. The van der Waals surface area contributed by atoms with E-state index in [0.29, 0.717) is 6.42 Å². The Morgan fingerprint density at radius 3 is 2.31 bits per heavy atom. The largest absolute Gasteiger partial charge is 0.726 e. The highest BCUT2D eigenvalue weighted by atomic mass is 32.3. The number of hydrogen-bond donors (Lipinski definition) is 0. The minimum Gasteiger partial charge on any atom is -0.726 e. The molecule has 7 heteroatoms. The molecule has 1 heterocycles. The molecule has 3 aromatic rings. The van der Waals surface area contributed by atoms with E-state index in [1.54, 1.807) is 6.92 Å². The van der Waals surface area contributed by atoms with Crippen LogP contribution in [0.2, 0.25) is 0 Å². The first kappa shape index (κ1) is 20.1. The molecular weight excluding hydrogens is 354 g/mol. The molecule has 2 aromatic carbocycles. The lowest BCUT2D eigenvalue weighted by Gasteiger charge is -2.04. The smallest absolute Gasteiger partial charge is 0.344 e. The molecule has 0 aliphatic heterocycles. The lowest BCUT2D eigenvalue weighted by atomic mass is 10.1. The molecule has 140 valence electrons. The molecule has 0 N–H and O–H groups in total. The van der Waals surface area contributed by atoms with E-state index in [9.17, 15) is 13.0 Å². The van der Waals surface area contributed by atoms with E-state index in [1.165, 1.54) is 11.1 Å². The second-order valence-corrected chi connectivity index (χ2v) is 6.70. The Morgan fingerprint density at radius 2 is 1.77 bits per heavy atom. The van der Waals surface area contributed by atoms with E-state index in [0.717, 1.165) is 23.5 Å². The minimum atomic E-state index is -4.44. The first-order chi connectivity index (χ1) is 12.4. The fourth-order valence-corrected chi connectivity index (χ4v) is 2.96. The van der Waals surface area contributed by atoms with E-state index in [2.05, 4.69) is 58.1 Å². The summed E-state index contributed by atoms with van der Waals surface area (Å²) in [7, 11) is -4.44. The van der Waals surface area contributed by atoms with Crippen LogP contribution in [-0.4, -0.2) is 19.6 Å². The number of aryl methyl sites for hydroxylation is 2. The summed E-state index contributed by atoms with van der Waals surface area (Å²) < 4.78 is 40.6. The van der Waals surface area contributed by atoms with Crippen LogP contribution in [0.4, 0.5) is 0 Å². The van der Waals surface area contributed by atoms with Gasteiger partial charge in [-0.25, -0.2) is 8.42 Å². The normalized spacial score (nSPS) is 11.2. The minimum absolute atomic E-state index is 0.0220. The Bertz CT molecular complexity index is 949.